The van der Waals surface area contributed by atoms with Crippen molar-refractivity contribution in [3.63, 3.8) is 0 Å². The van der Waals surface area contributed by atoms with Gasteiger partial charge in [-0.25, -0.2) is 0 Å². The van der Waals surface area contributed by atoms with Crippen molar-refractivity contribution in [2.45, 2.75) is 65.1 Å². The Labute approximate surface area is 121 Å². The SMILES string of the molecule is CCCCCC[Si](OCC)(OCC)OCCC(F)(F)F. The van der Waals surface area contributed by atoms with Crippen LogP contribution in [-0.4, -0.2) is 34.8 Å². The molecule has 0 fully saturated rings. The molecule has 0 rings (SSSR count). The molecule has 0 aliphatic heterocycles. The zero-order valence-electron chi connectivity index (χ0n) is 12.7. The minimum absolute atomic E-state index is 0.385. The van der Waals surface area contributed by atoms with Crippen LogP contribution in [0.15, 0.2) is 0 Å². The molecule has 0 heterocycles. The molecule has 0 atom stereocenters. The Morgan fingerprint density at radius 3 is 1.90 bits per heavy atom. The summed E-state index contributed by atoms with van der Waals surface area (Å²) >= 11 is 0. The first kappa shape index (κ1) is 19.9. The molecule has 122 valence electrons. The van der Waals surface area contributed by atoms with Crippen molar-refractivity contribution in [3.8, 4) is 0 Å². The van der Waals surface area contributed by atoms with Gasteiger partial charge in [0, 0.05) is 25.9 Å². The zero-order valence-corrected chi connectivity index (χ0v) is 13.7. The normalized spacial score (nSPS) is 12.9. The lowest BCUT2D eigenvalue weighted by Gasteiger charge is -2.29. The average molecular weight is 316 g/mol. The van der Waals surface area contributed by atoms with Gasteiger partial charge in [0.15, 0.2) is 0 Å². The van der Waals surface area contributed by atoms with Gasteiger partial charge in [-0.3, -0.25) is 0 Å². The Kier molecular flexibility index (Phi) is 10.5. The highest BCUT2D eigenvalue weighted by Crippen LogP contribution is 2.24. The third kappa shape index (κ3) is 9.74. The summed E-state index contributed by atoms with van der Waals surface area (Å²) in [5.41, 5.74) is 0. The molecule has 0 aliphatic carbocycles. The molecular formula is C13H27F3O3Si. The Morgan fingerprint density at radius 1 is 0.850 bits per heavy atom. The number of hydrogen-bond donors (Lipinski definition) is 0. The predicted octanol–water partition coefficient (Wildman–Crippen LogP) is 4.55. The van der Waals surface area contributed by atoms with Gasteiger partial charge >= 0.3 is 15.0 Å². The molecule has 0 aromatic heterocycles. The summed E-state index contributed by atoms with van der Waals surface area (Å²) in [5.74, 6) is 0. The summed E-state index contributed by atoms with van der Waals surface area (Å²) in [4.78, 5) is 0. The highest BCUT2D eigenvalue weighted by atomic mass is 28.4. The van der Waals surface area contributed by atoms with E-state index in [0.717, 1.165) is 25.7 Å². The van der Waals surface area contributed by atoms with E-state index in [4.69, 9.17) is 13.3 Å². The van der Waals surface area contributed by atoms with Crippen LogP contribution in [0.1, 0.15) is 52.9 Å². The highest BCUT2D eigenvalue weighted by Gasteiger charge is 2.41. The summed E-state index contributed by atoms with van der Waals surface area (Å²) in [7, 11) is -2.95. The maximum Gasteiger partial charge on any atom is 0.500 e. The van der Waals surface area contributed by atoms with Crippen LogP contribution in [0.3, 0.4) is 0 Å². The summed E-state index contributed by atoms with van der Waals surface area (Å²) in [5, 5.41) is 0. The van der Waals surface area contributed by atoms with E-state index in [1.54, 1.807) is 13.8 Å². The second kappa shape index (κ2) is 10.6. The van der Waals surface area contributed by atoms with Gasteiger partial charge in [0.05, 0.1) is 6.42 Å². The predicted molar refractivity (Wildman–Crippen MR) is 74.6 cm³/mol. The van der Waals surface area contributed by atoms with Crippen LogP contribution >= 0.6 is 0 Å². The molecule has 0 aromatic rings. The van der Waals surface area contributed by atoms with E-state index in [-0.39, 0.29) is 6.61 Å². The van der Waals surface area contributed by atoms with Crippen LogP contribution in [0.4, 0.5) is 13.2 Å². The van der Waals surface area contributed by atoms with Crippen molar-refractivity contribution < 1.29 is 26.4 Å². The lowest BCUT2D eigenvalue weighted by Crippen LogP contribution is -2.46. The Balaban J connectivity index is 4.40. The quantitative estimate of drug-likeness (QED) is 0.390. The molecule has 0 aliphatic rings. The largest absolute Gasteiger partial charge is 0.500 e. The number of alkyl halides is 3. The summed E-state index contributed by atoms with van der Waals surface area (Å²) in [6.07, 6.45) is -1.07. The van der Waals surface area contributed by atoms with Crippen LogP contribution < -0.4 is 0 Å². The van der Waals surface area contributed by atoms with Crippen LogP contribution in [0.5, 0.6) is 0 Å². The molecule has 0 radical (unpaired) electrons. The first-order valence-electron chi connectivity index (χ1n) is 7.37. The van der Waals surface area contributed by atoms with Crippen molar-refractivity contribution in [3.05, 3.63) is 0 Å². The molecule has 0 amide bonds. The van der Waals surface area contributed by atoms with Crippen LogP contribution in [0.25, 0.3) is 0 Å². The zero-order chi connectivity index (χ0) is 15.5. The van der Waals surface area contributed by atoms with Crippen LogP contribution in [0, 0.1) is 0 Å². The van der Waals surface area contributed by atoms with Gasteiger partial charge in [0.1, 0.15) is 0 Å². The Morgan fingerprint density at radius 2 is 1.45 bits per heavy atom. The number of hydrogen-bond acceptors (Lipinski definition) is 3. The first-order valence-corrected chi connectivity index (χ1v) is 9.31. The van der Waals surface area contributed by atoms with Crippen molar-refractivity contribution >= 4 is 8.80 Å². The van der Waals surface area contributed by atoms with Gasteiger partial charge in [-0.05, 0) is 20.3 Å². The Hall–Kier alpha value is -0.113. The third-order valence-corrected chi connectivity index (χ3v) is 5.84. The first-order chi connectivity index (χ1) is 9.39. The molecule has 0 saturated carbocycles. The van der Waals surface area contributed by atoms with Gasteiger partial charge in [-0.15, -0.1) is 0 Å². The fourth-order valence-corrected chi connectivity index (χ4v) is 4.53. The fraction of sp³-hybridized carbons (Fsp3) is 1.00. The molecule has 0 N–H and O–H groups in total. The summed E-state index contributed by atoms with van der Waals surface area (Å²) in [6, 6.07) is 0.590. The number of halogens is 3. The second-order valence-corrected chi connectivity index (χ2v) is 7.31. The molecule has 0 spiro atoms. The van der Waals surface area contributed by atoms with Gasteiger partial charge in [0.2, 0.25) is 0 Å². The number of rotatable bonds is 12. The fourth-order valence-electron chi connectivity index (χ4n) is 1.87. The molecule has 0 unspecified atom stereocenters. The van der Waals surface area contributed by atoms with E-state index in [1.807, 2.05) is 0 Å². The van der Waals surface area contributed by atoms with Crippen LogP contribution in [0.2, 0.25) is 6.04 Å². The van der Waals surface area contributed by atoms with Gasteiger partial charge in [0.25, 0.3) is 0 Å². The van der Waals surface area contributed by atoms with E-state index in [1.165, 1.54) is 0 Å². The highest BCUT2D eigenvalue weighted by molar-refractivity contribution is 6.60. The lowest BCUT2D eigenvalue weighted by molar-refractivity contribution is -0.142. The topological polar surface area (TPSA) is 27.7 Å². The van der Waals surface area contributed by atoms with Gasteiger partial charge < -0.3 is 13.3 Å². The second-order valence-electron chi connectivity index (χ2n) is 4.57. The molecule has 0 saturated heterocycles. The minimum Gasteiger partial charge on any atom is -0.374 e. The Bertz CT molecular complexity index is 231. The monoisotopic (exact) mass is 316 g/mol. The summed E-state index contributed by atoms with van der Waals surface area (Å²) in [6.45, 7) is 6.12. The molecular weight excluding hydrogens is 289 g/mol. The van der Waals surface area contributed by atoms with Crippen molar-refractivity contribution in [2.24, 2.45) is 0 Å². The smallest absolute Gasteiger partial charge is 0.374 e. The average Bonchev–Trinajstić information content (AvgIpc) is 2.34. The molecule has 0 aromatic carbocycles. The van der Waals surface area contributed by atoms with E-state index in [9.17, 15) is 13.2 Å². The van der Waals surface area contributed by atoms with E-state index < -0.39 is 21.4 Å². The lowest BCUT2D eigenvalue weighted by atomic mass is 10.2. The van der Waals surface area contributed by atoms with Crippen molar-refractivity contribution in [2.75, 3.05) is 19.8 Å². The standard InChI is InChI=1S/C13H27F3O3Si/c1-4-7-8-9-12-20(17-5-2,18-6-3)19-11-10-13(14,15)16/h4-12H2,1-3H3. The maximum atomic E-state index is 12.2. The van der Waals surface area contributed by atoms with E-state index in [2.05, 4.69) is 6.92 Å². The van der Waals surface area contributed by atoms with Crippen molar-refractivity contribution in [1.29, 1.82) is 0 Å². The molecule has 7 heteroatoms. The molecule has 3 nitrogen and oxygen atoms in total. The molecule has 20 heavy (non-hydrogen) atoms. The third-order valence-electron chi connectivity index (χ3n) is 2.77. The van der Waals surface area contributed by atoms with E-state index in [0.29, 0.717) is 19.3 Å². The van der Waals surface area contributed by atoms with Crippen LogP contribution in [-0.2, 0) is 13.3 Å². The summed E-state index contributed by atoms with van der Waals surface area (Å²) < 4.78 is 53.3. The maximum absolute atomic E-state index is 12.2. The van der Waals surface area contributed by atoms with Crippen molar-refractivity contribution in [1.82, 2.24) is 0 Å². The van der Waals surface area contributed by atoms with E-state index >= 15 is 0 Å². The van der Waals surface area contributed by atoms with Gasteiger partial charge in [-0.1, -0.05) is 26.2 Å². The molecule has 0 bridgehead atoms. The van der Waals surface area contributed by atoms with Gasteiger partial charge in [-0.2, -0.15) is 13.2 Å². The minimum atomic E-state index is -4.21. The number of unbranched alkanes of at least 4 members (excludes halogenated alkanes) is 3.